The van der Waals surface area contributed by atoms with Gasteiger partial charge in [0, 0.05) is 19.0 Å². The number of aromatic nitrogens is 1. The van der Waals surface area contributed by atoms with Gasteiger partial charge in [0.2, 0.25) is 5.89 Å². The van der Waals surface area contributed by atoms with Crippen molar-refractivity contribution in [1.29, 1.82) is 0 Å². The van der Waals surface area contributed by atoms with Crippen LogP contribution in [-0.2, 0) is 12.0 Å². The third-order valence-corrected chi connectivity index (χ3v) is 4.60. The summed E-state index contributed by atoms with van der Waals surface area (Å²) in [5.74, 6) is 1.98. The molecule has 1 aliphatic carbocycles. The highest BCUT2D eigenvalue weighted by Crippen LogP contribution is 2.48. The van der Waals surface area contributed by atoms with Crippen molar-refractivity contribution in [3.05, 3.63) is 53.0 Å². The van der Waals surface area contributed by atoms with Gasteiger partial charge in [-0.3, -0.25) is 4.99 Å². The van der Waals surface area contributed by atoms with Crippen molar-refractivity contribution < 1.29 is 8.81 Å². The molecule has 0 saturated heterocycles. The summed E-state index contributed by atoms with van der Waals surface area (Å²) in [6.45, 7) is 4.92. The lowest BCUT2D eigenvalue weighted by Gasteiger charge is -2.19. The molecule has 136 valence electrons. The molecule has 3 rings (SSSR count). The van der Waals surface area contributed by atoms with Crippen molar-refractivity contribution in [3.63, 3.8) is 0 Å². The monoisotopic (exact) mass is 458 g/mol. The summed E-state index contributed by atoms with van der Waals surface area (Å²) in [7, 11) is 1.71. The molecule has 0 aliphatic heterocycles. The number of guanidine groups is 1. The predicted octanol–water partition coefficient (Wildman–Crippen LogP) is 3.45. The molecule has 1 aliphatic rings. The van der Waals surface area contributed by atoms with E-state index in [4.69, 9.17) is 4.42 Å². The second kappa shape index (κ2) is 8.16. The molecule has 0 bridgehead atoms. The van der Waals surface area contributed by atoms with Crippen molar-refractivity contribution in [2.45, 2.75) is 38.6 Å². The molecule has 1 aromatic heterocycles. The van der Waals surface area contributed by atoms with Crippen LogP contribution in [0.1, 0.15) is 35.7 Å². The molecule has 1 saturated carbocycles. The number of aliphatic imine (C=N–C) groups is 1. The van der Waals surface area contributed by atoms with Crippen LogP contribution in [0.3, 0.4) is 0 Å². The summed E-state index contributed by atoms with van der Waals surface area (Å²) in [6, 6.07) is 7.01. The van der Waals surface area contributed by atoms with Crippen LogP contribution in [0.4, 0.5) is 4.39 Å². The largest absolute Gasteiger partial charge is 0.444 e. The SMILES string of the molecule is CN=C(NCc1nc(C)c(C)o1)NCC1(c2ccccc2F)CC1.I. The topological polar surface area (TPSA) is 62.5 Å². The quantitative estimate of drug-likeness (QED) is 0.410. The van der Waals surface area contributed by atoms with E-state index < -0.39 is 0 Å². The molecule has 25 heavy (non-hydrogen) atoms. The van der Waals surface area contributed by atoms with Crippen LogP contribution < -0.4 is 10.6 Å². The van der Waals surface area contributed by atoms with E-state index in [0.29, 0.717) is 24.9 Å². The van der Waals surface area contributed by atoms with Crippen LogP contribution in [0.2, 0.25) is 0 Å². The summed E-state index contributed by atoms with van der Waals surface area (Å²) in [6.07, 6.45) is 1.96. The zero-order valence-corrected chi connectivity index (χ0v) is 17.1. The van der Waals surface area contributed by atoms with Crippen molar-refractivity contribution in [2.24, 2.45) is 4.99 Å². The lowest BCUT2D eigenvalue weighted by atomic mass is 9.95. The maximum absolute atomic E-state index is 14.0. The van der Waals surface area contributed by atoms with Crippen LogP contribution in [0.5, 0.6) is 0 Å². The van der Waals surface area contributed by atoms with Crippen molar-refractivity contribution >= 4 is 29.9 Å². The number of hydrogen-bond donors (Lipinski definition) is 2. The zero-order chi connectivity index (χ0) is 17.2. The number of rotatable bonds is 5. The molecular formula is C18H24FIN4O. The zero-order valence-electron chi connectivity index (χ0n) is 14.7. The molecule has 5 nitrogen and oxygen atoms in total. The Bertz CT molecular complexity index is 736. The fraction of sp³-hybridized carbons (Fsp3) is 0.444. The first-order chi connectivity index (χ1) is 11.5. The van der Waals surface area contributed by atoms with Gasteiger partial charge in [-0.05, 0) is 38.3 Å². The second-order valence-corrected chi connectivity index (χ2v) is 6.29. The van der Waals surface area contributed by atoms with Gasteiger partial charge in [-0.2, -0.15) is 0 Å². The Morgan fingerprint density at radius 1 is 1.28 bits per heavy atom. The van der Waals surface area contributed by atoms with E-state index in [1.54, 1.807) is 13.1 Å². The molecule has 1 fully saturated rings. The highest BCUT2D eigenvalue weighted by molar-refractivity contribution is 14.0. The molecule has 0 amide bonds. The van der Waals surface area contributed by atoms with E-state index >= 15 is 0 Å². The summed E-state index contributed by atoms with van der Waals surface area (Å²) < 4.78 is 19.6. The number of nitrogens with one attached hydrogen (secondary N) is 2. The van der Waals surface area contributed by atoms with E-state index in [2.05, 4.69) is 20.6 Å². The Kier molecular flexibility index (Phi) is 6.42. The minimum atomic E-state index is -0.134. The number of aryl methyl sites for hydroxylation is 2. The molecule has 0 radical (unpaired) electrons. The van der Waals surface area contributed by atoms with Crippen LogP contribution in [0.25, 0.3) is 0 Å². The molecule has 0 atom stereocenters. The van der Waals surface area contributed by atoms with Gasteiger partial charge in [-0.1, -0.05) is 18.2 Å². The first-order valence-electron chi connectivity index (χ1n) is 8.16. The smallest absolute Gasteiger partial charge is 0.214 e. The summed E-state index contributed by atoms with van der Waals surface area (Å²) in [4.78, 5) is 8.55. The number of nitrogens with zero attached hydrogens (tertiary/aromatic N) is 2. The Labute approximate surface area is 164 Å². The van der Waals surface area contributed by atoms with E-state index in [9.17, 15) is 4.39 Å². The van der Waals surface area contributed by atoms with Crippen molar-refractivity contribution in [3.8, 4) is 0 Å². The highest BCUT2D eigenvalue weighted by atomic mass is 127. The minimum absolute atomic E-state index is 0. The van der Waals surface area contributed by atoms with Gasteiger partial charge >= 0.3 is 0 Å². The second-order valence-electron chi connectivity index (χ2n) is 6.29. The molecule has 1 heterocycles. The third kappa shape index (κ3) is 4.50. The third-order valence-electron chi connectivity index (χ3n) is 4.60. The normalized spacial score (nSPS) is 15.4. The lowest BCUT2D eigenvalue weighted by Crippen LogP contribution is -2.41. The van der Waals surface area contributed by atoms with E-state index in [-0.39, 0.29) is 35.2 Å². The minimum Gasteiger partial charge on any atom is -0.444 e. The Morgan fingerprint density at radius 2 is 2.00 bits per heavy atom. The first-order valence-corrected chi connectivity index (χ1v) is 8.16. The van der Waals surface area contributed by atoms with Crippen molar-refractivity contribution in [2.75, 3.05) is 13.6 Å². The Hall–Kier alpha value is -1.64. The first kappa shape index (κ1) is 19.7. The molecule has 0 unspecified atom stereocenters. The number of halogens is 2. The van der Waals surface area contributed by atoms with Crippen molar-refractivity contribution in [1.82, 2.24) is 15.6 Å². The average molecular weight is 458 g/mol. The molecule has 1 aromatic carbocycles. The highest BCUT2D eigenvalue weighted by Gasteiger charge is 2.45. The Morgan fingerprint density at radius 3 is 2.56 bits per heavy atom. The molecule has 7 heteroatoms. The van der Waals surface area contributed by atoms with Crippen LogP contribution in [0, 0.1) is 19.7 Å². The van der Waals surface area contributed by atoms with Gasteiger partial charge in [0.1, 0.15) is 11.6 Å². The van der Waals surface area contributed by atoms with E-state index in [0.717, 1.165) is 29.9 Å². The van der Waals surface area contributed by atoms with Gasteiger partial charge in [0.25, 0.3) is 0 Å². The van der Waals surface area contributed by atoms with E-state index in [1.807, 2.05) is 26.0 Å². The summed E-state index contributed by atoms with van der Waals surface area (Å²) >= 11 is 0. The number of oxazole rings is 1. The van der Waals surface area contributed by atoms with Gasteiger partial charge in [0.05, 0.1) is 12.2 Å². The lowest BCUT2D eigenvalue weighted by molar-refractivity contribution is 0.463. The maximum atomic E-state index is 14.0. The van der Waals surface area contributed by atoms with Gasteiger partial charge in [-0.15, -0.1) is 24.0 Å². The summed E-state index contributed by atoms with van der Waals surface area (Å²) in [5, 5.41) is 6.47. The maximum Gasteiger partial charge on any atom is 0.214 e. The van der Waals surface area contributed by atoms with Gasteiger partial charge in [0.15, 0.2) is 5.96 Å². The molecule has 2 aromatic rings. The fourth-order valence-corrected chi connectivity index (χ4v) is 2.83. The standard InChI is InChI=1S/C18H23FN4O.HI/c1-12-13(2)24-16(23-12)10-21-17(20-3)22-11-18(8-9-18)14-6-4-5-7-15(14)19;/h4-7H,8-11H2,1-3H3,(H2,20,21,22);1H. The average Bonchev–Trinajstić information content (AvgIpc) is 3.28. The van der Waals surface area contributed by atoms with Crippen LogP contribution in [0.15, 0.2) is 33.7 Å². The summed E-state index contributed by atoms with van der Waals surface area (Å²) in [5.41, 5.74) is 1.55. The number of benzene rings is 1. The molecular weight excluding hydrogens is 434 g/mol. The number of hydrogen-bond acceptors (Lipinski definition) is 3. The predicted molar refractivity (Wildman–Crippen MR) is 107 cm³/mol. The fourth-order valence-electron chi connectivity index (χ4n) is 2.83. The van der Waals surface area contributed by atoms with Crippen LogP contribution in [-0.4, -0.2) is 24.5 Å². The van der Waals surface area contributed by atoms with Gasteiger partial charge < -0.3 is 15.1 Å². The Balaban J connectivity index is 0.00000225. The van der Waals surface area contributed by atoms with Gasteiger partial charge in [-0.25, -0.2) is 9.37 Å². The molecule has 0 spiro atoms. The molecule has 2 N–H and O–H groups in total. The van der Waals surface area contributed by atoms with Crippen LogP contribution >= 0.6 is 24.0 Å². The van der Waals surface area contributed by atoms with E-state index in [1.165, 1.54) is 6.07 Å².